The number of ether oxygens (including phenoxy) is 4. The lowest BCUT2D eigenvalue weighted by atomic mass is 9.99. The molecule has 1 fully saturated rings. The van der Waals surface area contributed by atoms with E-state index in [4.69, 9.17) is 18.9 Å². The predicted molar refractivity (Wildman–Crippen MR) is 219 cm³/mol. The van der Waals surface area contributed by atoms with Crippen LogP contribution in [0, 0.1) is 0 Å². The van der Waals surface area contributed by atoms with Gasteiger partial charge in [0.05, 0.1) is 6.61 Å². The van der Waals surface area contributed by atoms with E-state index in [1.165, 1.54) is 0 Å². The minimum atomic E-state index is -1.88. The molecule has 0 amide bonds. The zero-order valence-corrected chi connectivity index (χ0v) is 33.6. The molecule has 4 N–H and O–H groups in total. The monoisotopic (exact) mass is 784 g/mol. The molecule has 1 rings (SSSR count). The minimum absolute atomic E-state index is 0.129. The highest BCUT2D eigenvalue weighted by atomic mass is 16.7. The average Bonchev–Trinajstić information content (AvgIpc) is 3.18. The van der Waals surface area contributed by atoms with Crippen molar-refractivity contribution in [3.05, 3.63) is 97.2 Å². The van der Waals surface area contributed by atoms with Crippen LogP contribution in [0.1, 0.15) is 117 Å². The van der Waals surface area contributed by atoms with Gasteiger partial charge in [0, 0.05) is 12.8 Å². The summed E-state index contributed by atoms with van der Waals surface area (Å²) in [5.74, 6) is -2.58. The third kappa shape index (κ3) is 26.1. The smallest absolute Gasteiger partial charge is 0.335 e. The lowest BCUT2D eigenvalue weighted by Crippen LogP contribution is -2.60. The third-order valence-electron chi connectivity index (χ3n) is 8.43. The van der Waals surface area contributed by atoms with E-state index < -0.39 is 61.3 Å². The maximum absolute atomic E-state index is 12.7. The highest BCUT2D eigenvalue weighted by Crippen LogP contribution is 2.23. The Balaban J connectivity index is 2.49. The van der Waals surface area contributed by atoms with Gasteiger partial charge in [-0.05, 0) is 83.5 Å². The Hall–Kier alpha value is -3.87. The number of aliphatic hydroxyl groups is 3. The number of aliphatic hydroxyl groups excluding tert-OH is 3. The minimum Gasteiger partial charge on any atom is -0.479 e. The lowest BCUT2D eigenvalue weighted by Gasteiger charge is -2.38. The molecular weight excluding hydrogens is 716 g/mol. The Labute approximate surface area is 334 Å². The summed E-state index contributed by atoms with van der Waals surface area (Å²) in [6, 6.07) is 0. The van der Waals surface area contributed by atoms with Crippen LogP contribution in [-0.2, 0) is 33.3 Å². The molecule has 6 atom stereocenters. The van der Waals surface area contributed by atoms with Crippen molar-refractivity contribution in [2.24, 2.45) is 0 Å². The van der Waals surface area contributed by atoms with Gasteiger partial charge >= 0.3 is 17.9 Å². The Kier molecular flexibility index (Phi) is 30.8. The maximum Gasteiger partial charge on any atom is 0.335 e. The van der Waals surface area contributed by atoms with Gasteiger partial charge in [0.1, 0.15) is 24.9 Å². The molecule has 1 aliphatic heterocycles. The third-order valence-corrected chi connectivity index (χ3v) is 8.43. The summed E-state index contributed by atoms with van der Waals surface area (Å²) in [7, 11) is 0. The fraction of sp³-hybridized carbons (Fsp3) is 0.578. The molecule has 1 aliphatic rings. The highest BCUT2D eigenvalue weighted by Gasteiger charge is 2.47. The molecule has 314 valence electrons. The number of carbonyl (C=O) groups is 3. The Morgan fingerprint density at radius 2 is 1.02 bits per heavy atom. The van der Waals surface area contributed by atoms with Crippen molar-refractivity contribution in [1.82, 2.24) is 0 Å². The van der Waals surface area contributed by atoms with Gasteiger partial charge in [-0.3, -0.25) is 9.59 Å². The molecule has 0 aliphatic carbocycles. The van der Waals surface area contributed by atoms with Crippen LogP contribution in [0.4, 0.5) is 0 Å². The zero-order chi connectivity index (χ0) is 41.1. The second-order valence-corrected chi connectivity index (χ2v) is 13.4. The molecule has 0 aromatic heterocycles. The first-order chi connectivity index (χ1) is 27.2. The molecule has 11 heteroatoms. The van der Waals surface area contributed by atoms with Gasteiger partial charge in [0.25, 0.3) is 0 Å². The zero-order valence-electron chi connectivity index (χ0n) is 33.6. The van der Waals surface area contributed by atoms with Crippen LogP contribution in [-0.4, -0.2) is 88.4 Å². The normalized spacial score (nSPS) is 21.3. The van der Waals surface area contributed by atoms with Crippen LogP contribution >= 0.6 is 0 Å². The number of carboxylic acids is 1. The van der Waals surface area contributed by atoms with E-state index in [-0.39, 0.29) is 19.4 Å². The maximum atomic E-state index is 12.7. The predicted octanol–water partition coefficient (Wildman–Crippen LogP) is 8.08. The molecule has 0 bridgehead atoms. The first-order valence-corrected chi connectivity index (χ1v) is 20.3. The molecule has 6 unspecified atom stereocenters. The summed E-state index contributed by atoms with van der Waals surface area (Å²) in [6.45, 7) is 3.47. The molecule has 11 nitrogen and oxygen atoms in total. The van der Waals surface area contributed by atoms with Crippen LogP contribution in [0.25, 0.3) is 0 Å². The Morgan fingerprint density at radius 1 is 0.554 bits per heavy atom. The van der Waals surface area contributed by atoms with E-state index in [1.54, 1.807) is 0 Å². The summed E-state index contributed by atoms with van der Waals surface area (Å²) in [4.78, 5) is 36.7. The van der Waals surface area contributed by atoms with Crippen molar-refractivity contribution in [2.75, 3.05) is 13.2 Å². The van der Waals surface area contributed by atoms with Crippen molar-refractivity contribution >= 4 is 17.9 Å². The number of esters is 2. The molecule has 0 saturated carbocycles. The number of rotatable bonds is 31. The number of hydrogen-bond acceptors (Lipinski definition) is 10. The van der Waals surface area contributed by atoms with E-state index in [9.17, 15) is 34.8 Å². The summed E-state index contributed by atoms with van der Waals surface area (Å²) >= 11 is 0. The van der Waals surface area contributed by atoms with Gasteiger partial charge in [-0.1, -0.05) is 117 Å². The van der Waals surface area contributed by atoms with Crippen molar-refractivity contribution in [1.29, 1.82) is 0 Å². The van der Waals surface area contributed by atoms with Crippen LogP contribution < -0.4 is 0 Å². The largest absolute Gasteiger partial charge is 0.479 e. The number of allylic oxidation sites excluding steroid dienone is 16. The summed E-state index contributed by atoms with van der Waals surface area (Å²) < 4.78 is 21.6. The topological polar surface area (TPSA) is 169 Å². The lowest BCUT2D eigenvalue weighted by molar-refractivity contribution is -0.298. The second-order valence-electron chi connectivity index (χ2n) is 13.4. The summed E-state index contributed by atoms with van der Waals surface area (Å²) in [5, 5.41) is 39.7. The van der Waals surface area contributed by atoms with Crippen LogP contribution in [0.2, 0.25) is 0 Å². The molecule has 56 heavy (non-hydrogen) atoms. The molecule has 1 heterocycles. The van der Waals surface area contributed by atoms with E-state index in [1.807, 2.05) is 12.2 Å². The van der Waals surface area contributed by atoms with Crippen molar-refractivity contribution < 1.29 is 53.8 Å². The highest BCUT2D eigenvalue weighted by molar-refractivity contribution is 5.73. The molecule has 1 saturated heterocycles. The number of carboxylic acid groups (broad SMARTS) is 1. The van der Waals surface area contributed by atoms with Gasteiger partial charge in [0.2, 0.25) is 0 Å². The SMILES string of the molecule is CC/C=C\C/C=C\C/C=C\C/C=C\C/C=C\CCCC(=O)OCC(COC1OC(C(=O)O)C(O)C(O)C1O)OC(=O)CCCCC/C=C\C/C=C\C/C=C\CC. The molecule has 0 aromatic rings. The number of aliphatic carboxylic acids is 1. The molecule has 0 spiro atoms. The molecular formula is C45H68O11. The molecule has 0 aromatic carbocycles. The number of carbonyl (C=O) groups excluding carboxylic acids is 2. The van der Waals surface area contributed by atoms with E-state index in [0.717, 1.165) is 70.6 Å². The number of unbranched alkanes of at least 4 members (excludes halogenated alkanes) is 4. The average molecular weight is 785 g/mol. The van der Waals surface area contributed by atoms with Crippen LogP contribution in [0.5, 0.6) is 0 Å². The van der Waals surface area contributed by atoms with Crippen molar-refractivity contribution in [2.45, 2.75) is 153 Å². The quantitative estimate of drug-likeness (QED) is 0.0305. The Bertz CT molecular complexity index is 1290. The van der Waals surface area contributed by atoms with E-state index in [0.29, 0.717) is 19.3 Å². The van der Waals surface area contributed by atoms with E-state index in [2.05, 4.69) is 98.9 Å². The van der Waals surface area contributed by atoms with Gasteiger partial charge < -0.3 is 39.4 Å². The standard InChI is InChI=1S/C45H68O11/c1-3-5-7-9-11-13-15-17-18-19-20-22-23-25-27-29-31-33-38(46)53-35-37(36-54-45-42(50)40(48)41(49)43(56-45)44(51)52)55-39(47)34-32-30-28-26-24-21-16-14-12-10-8-6-4-2/h5-8,11-14,17-18,20-22,24-25,27,37,40-43,45,48-50H,3-4,9-10,15-16,19,23,26,28-36H2,1-2H3,(H,51,52)/b7-5-,8-6-,13-11-,14-12-,18-17-,22-20-,24-21-,27-25-. The van der Waals surface area contributed by atoms with Gasteiger partial charge in [-0.25, -0.2) is 4.79 Å². The first kappa shape index (κ1) is 50.1. The van der Waals surface area contributed by atoms with Crippen LogP contribution in [0.3, 0.4) is 0 Å². The van der Waals surface area contributed by atoms with Crippen molar-refractivity contribution in [3.63, 3.8) is 0 Å². The van der Waals surface area contributed by atoms with Crippen molar-refractivity contribution in [3.8, 4) is 0 Å². The second kappa shape index (κ2) is 34.4. The summed E-state index contributed by atoms with van der Waals surface area (Å²) in [6.07, 6.45) is 36.2. The Morgan fingerprint density at radius 3 is 1.52 bits per heavy atom. The summed E-state index contributed by atoms with van der Waals surface area (Å²) in [5.41, 5.74) is 0. The number of hydrogen-bond donors (Lipinski definition) is 4. The fourth-order valence-electron chi connectivity index (χ4n) is 5.28. The van der Waals surface area contributed by atoms with Gasteiger partial charge in [-0.15, -0.1) is 0 Å². The van der Waals surface area contributed by atoms with Gasteiger partial charge in [-0.2, -0.15) is 0 Å². The van der Waals surface area contributed by atoms with Gasteiger partial charge in [0.15, 0.2) is 18.5 Å². The first-order valence-electron chi connectivity index (χ1n) is 20.3. The van der Waals surface area contributed by atoms with Crippen LogP contribution in [0.15, 0.2) is 97.2 Å². The van der Waals surface area contributed by atoms with E-state index >= 15 is 0 Å². The fourth-order valence-corrected chi connectivity index (χ4v) is 5.28. The molecule has 0 radical (unpaired) electrons.